The van der Waals surface area contributed by atoms with Gasteiger partial charge in [-0.25, -0.2) is 9.67 Å². The second-order valence-corrected chi connectivity index (χ2v) is 7.50. The largest absolute Gasteiger partial charge is 0.321 e. The molecule has 0 spiro atoms. The van der Waals surface area contributed by atoms with Crippen molar-refractivity contribution in [2.45, 2.75) is 40.7 Å². The Morgan fingerprint density at radius 1 is 1.16 bits per heavy atom. The molecule has 1 aromatic carbocycles. The van der Waals surface area contributed by atoms with Gasteiger partial charge < -0.3 is 5.32 Å². The van der Waals surface area contributed by atoms with Crippen molar-refractivity contribution in [1.29, 1.82) is 0 Å². The minimum absolute atomic E-state index is 0.155. The Morgan fingerprint density at radius 2 is 1.80 bits per heavy atom. The first-order valence-corrected chi connectivity index (χ1v) is 9.00. The first-order valence-electron chi connectivity index (χ1n) is 8.21. The van der Waals surface area contributed by atoms with Crippen LogP contribution in [-0.2, 0) is 0 Å². The fourth-order valence-electron chi connectivity index (χ4n) is 2.96. The number of hydrogen-bond donors (Lipinski definition) is 1. The molecule has 0 saturated carbocycles. The van der Waals surface area contributed by atoms with Crippen LogP contribution in [0.1, 0.15) is 47.1 Å². The van der Waals surface area contributed by atoms with Gasteiger partial charge >= 0.3 is 0 Å². The van der Waals surface area contributed by atoms with Gasteiger partial charge in [-0.05, 0) is 63.9 Å². The molecule has 2 heterocycles. The number of aromatic nitrogens is 3. The van der Waals surface area contributed by atoms with Gasteiger partial charge in [0.05, 0.1) is 17.5 Å². The van der Waals surface area contributed by atoms with E-state index in [9.17, 15) is 4.79 Å². The zero-order chi connectivity index (χ0) is 18.3. The number of carbonyl (C=O) groups is 1. The van der Waals surface area contributed by atoms with E-state index in [1.807, 2.05) is 43.7 Å². The molecule has 0 radical (unpaired) electrons. The Balaban J connectivity index is 1.99. The number of aryl methyl sites for hydroxylation is 3. The second-order valence-electron chi connectivity index (χ2n) is 6.59. The highest BCUT2D eigenvalue weighted by molar-refractivity contribution is 9.10. The minimum atomic E-state index is -0.155. The van der Waals surface area contributed by atoms with Crippen LogP contribution in [-0.4, -0.2) is 20.7 Å². The molecular weight excluding hydrogens is 380 g/mol. The summed E-state index contributed by atoms with van der Waals surface area (Å²) in [6, 6.07) is 6.06. The zero-order valence-corrected chi connectivity index (χ0v) is 16.6. The fraction of sp³-hybridized carbons (Fsp3) is 0.316. The van der Waals surface area contributed by atoms with Crippen molar-refractivity contribution < 1.29 is 4.79 Å². The summed E-state index contributed by atoms with van der Waals surface area (Å²) in [5.41, 5.74) is 4.93. The lowest BCUT2D eigenvalue weighted by Gasteiger charge is -2.14. The molecular formula is C19H21BrN4O. The number of rotatable bonds is 3. The van der Waals surface area contributed by atoms with Gasteiger partial charge in [0, 0.05) is 21.6 Å². The number of pyridine rings is 1. The molecule has 3 rings (SSSR count). The number of nitrogens with zero attached hydrogens (tertiary/aromatic N) is 3. The van der Waals surface area contributed by atoms with Crippen LogP contribution in [0.5, 0.6) is 0 Å². The van der Waals surface area contributed by atoms with E-state index in [0.717, 1.165) is 32.3 Å². The Morgan fingerprint density at radius 3 is 2.40 bits per heavy atom. The first-order chi connectivity index (χ1) is 11.8. The lowest BCUT2D eigenvalue weighted by molar-refractivity contribution is 0.102. The van der Waals surface area contributed by atoms with E-state index in [2.05, 4.69) is 45.2 Å². The van der Waals surface area contributed by atoms with Crippen molar-refractivity contribution in [2.75, 3.05) is 5.32 Å². The summed E-state index contributed by atoms with van der Waals surface area (Å²) in [4.78, 5) is 17.4. The van der Waals surface area contributed by atoms with Gasteiger partial charge in [-0.1, -0.05) is 15.9 Å². The smallest absolute Gasteiger partial charge is 0.257 e. The molecule has 0 bridgehead atoms. The number of fused-ring (bicyclic) bond motifs is 1. The quantitative estimate of drug-likeness (QED) is 0.676. The van der Waals surface area contributed by atoms with E-state index in [0.29, 0.717) is 11.3 Å². The molecule has 0 atom stereocenters. The van der Waals surface area contributed by atoms with Gasteiger partial charge in [0.15, 0.2) is 5.65 Å². The molecule has 5 nitrogen and oxygen atoms in total. The van der Waals surface area contributed by atoms with Crippen LogP contribution in [0, 0.1) is 20.8 Å². The van der Waals surface area contributed by atoms with E-state index >= 15 is 0 Å². The van der Waals surface area contributed by atoms with Crippen molar-refractivity contribution in [3.05, 3.63) is 51.3 Å². The highest BCUT2D eigenvalue weighted by Crippen LogP contribution is 2.26. The van der Waals surface area contributed by atoms with Gasteiger partial charge in [0.25, 0.3) is 5.91 Å². The fourth-order valence-corrected chi connectivity index (χ4v) is 3.65. The lowest BCUT2D eigenvalue weighted by atomic mass is 10.1. The highest BCUT2D eigenvalue weighted by atomic mass is 79.9. The predicted molar refractivity (Wildman–Crippen MR) is 104 cm³/mol. The molecule has 1 amide bonds. The van der Waals surface area contributed by atoms with Crippen LogP contribution in [0.3, 0.4) is 0 Å². The Hall–Kier alpha value is -2.21. The van der Waals surface area contributed by atoms with Crippen LogP contribution in [0.2, 0.25) is 0 Å². The molecule has 0 saturated heterocycles. The monoisotopic (exact) mass is 400 g/mol. The number of benzene rings is 1. The molecule has 0 fully saturated rings. The molecule has 0 aliphatic carbocycles. The number of halogens is 1. The number of anilines is 1. The maximum Gasteiger partial charge on any atom is 0.257 e. The summed E-state index contributed by atoms with van der Waals surface area (Å²) in [5, 5.41) is 8.27. The van der Waals surface area contributed by atoms with Gasteiger partial charge in [-0.3, -0.25) is 4.79 Å². The van der Waals surface area contributed by atoms with E-state index in [1.54, 1.807) is 6.20 Å². The average molecular weight is 401 g/mol. The van der Waals surface area contributed by atoms with Crippen molar-refractivity contribution >= 4 is 38.6 Å². The SMILES string of the molecule is Cc1cc(Br)cc(C)c1NC(=O)c1cc2cnn(C(C)C)c2nc1C. The lowest BCUT2D eigenvalue weighted by Crippen LogP contribution is -2.16. The maximum atomic E-state index is 12.8. The Kier molecular flexibility index (Phi) is 4.64. The minimum Gasteiger partial charge on any atom is -0.321 e. The molecule has 0 unspecified atom stereocenters. The Bertz CT molecular complexity index is 952. The summed E-state index contributed by atoms with van der Waals surface area (Å²) < 4.78 is 2.87. The maximum absolute atomic E-state index is 12.8. The predicted octanol–water partition coefficient (Wildman–Crippen LogP) is 4.95. The van der Waals surface area contributed by atoms with E-state index in [4.69, 9.17) is 0 Å². The second kappa shape index (κ2) is 6.59. The highest BCUT2D eigenvalue weighted by Gasteiger charge is 2.17. The number of carbonyl (C=O) groups excluding carboxylic acids is 1. The molecule has 0 aliphatic rings. The van der Waals surface area contributed by atoms with Crippen molar-refractivity contribution in [3.8, 4) is 0 Å². The van der Waals surface area contributed by atoms with Gasteiger partial charge in [0.1, 0.15) is 0 Å². The number of hydrogen-bond acceptors (Lipinski definition) is 3. The molecule has 1 N–H and O–H groups in total. The summed E-state index contributed by atoms with van der Waals surface area (Å²) in [6.07, 6.45) is 1.76. The van der Waals surface area contributed by atoms with E-state index < -0.39 is 0 Å². The van der Waals surface area contributed by atoms with Crippen LogP contribution < -0.4 is 5.32 Å². The van der Waals surface area contributed by atoms with Crippen molar-refractivity contribution in [1.82, 2.24) is 14.8 Å². The number of amides is 1. The van der Waals surface area contributed by atoms with Crippen LogP contribution >= 0.6 is 15.9 Å². The number of nitrogens with one attached hydrogen (secondary N) is 1. The van der Waals surface area contributed by atoms with Gasteiger partial charge in [-0.2, -0.15) is 5.10 Å². The third-order valence-electron chi connectivity index (χ3n) is 4.23. The first kappa shape index (κ1) is 17.6. The van der Waals surface area contributed by atoms with Crippen molar-refractivity contribution in [3.63, 3.8) is 0 Å². The van der Waals surface area contributed by atoms with Crippen LogP contribution in [0.25, 0.3) is 11.0 Å². The van der Waals surface area contributed by atoms with E-state index in [1.165, 1.54) is 0 Å². The topological polar surface area (TPSA) is 59.8 Å². The summed E-state index contributed by atoms with van der Waals surface area (Å²) in [7, 11) is 0. The standard InChI is InChI=1S/C19H21BrN4O/c1-10(2)24-18-14(9-21-24)8-16(13(5)22-18)19(25)23-17-11(3)6-15(20)7-12(17)4/h6-10H,1-5H3,(H,23,25). The zero-order valence-electron chi connectivity index (χ0n) is 15.0. The van der Waals surface area contributed by atoms with Gasteiger partial charge in [0.2, 0.25) is 0 Å². The Labute approximate surface area is 155 Å². The molecule has 3 aromatic rings. The molecule has 6 heteroatoms. The summed E-state index contributed by atoms with van der Waals surface area (Å²) in [5.74, 6) is -0.155. The summed E-state index contributed by atoms with van der Waals surface area (Å²) in [6.45, 7) is 9.93. The molecule has 130 valence electrons. The molecule has 25 heavy (non-hydrogen) atoms. The summed E-state index contributed by atoms with van der Waals surface area (Å²) >= 11 is 3.48. The van der Waals surface area contributed by atoms with Crippen LogP contribution in [0.4, 0.5) is 5.69 Å². The third kappa shape index (κ3) is 3.31. The average Bonchev–Trinajstić information content (AvgIpc) is 2.92. The molecule has 2 aromatic heterocycles. The normalized spacial score (nSPS) is 11.3. The van der Waals surface area contributed by atoms with E-state index in [-0.39, 0.29) is 11.9 Å². The molecule has 0 aliphatic heterocycles. The van der Waals surface area contributed by atoms with Gasteiger partial charge in [-0.15, -0.1) is 0 Å². The third-order valence-corrected chi connectivity index (χ3v) is 4.69. The van der Waals surface area contributed by atoms with Crippen molar-refractivity contribution in [2.24, 2.45) is 0 Å². The van der Waals surface area contributed by atoms with Crippen LogP contribution in [0.15, 0.2) is 28.9 Å².